The number of nitrogens with two attached hydrogens (primary N) is 1. The van der Waals surface area contributed by atoms with Gasteiger partial charge in [0.25, 0.3) is 0 Å². The molecule has 8 heteroatoms. The van der Waals surface area contributed by atoms with Crippen LogP contribution in [0.1, 0.15) is 25.3 Å². The Labute approximate surface area is 161 Å². The van der Waals surface area contributed by atoms with E-state index in [2.05, 4.69) is 28.2 Å². The minimum absolute atomic E-state index is 0.00330. The quantitative estimate of drug-likeness (QED) is 0.613. The number of nitrogens with one attached hydrogen (secondary N) is 1. The number of rotatable bonds is 8. The van der Waals surface area contributed by atoms with Crippen molar-refractivity contribution in [2.24, 2.45) is 5.14 Å². The molecule has 0 atom stereocenters. The molecule has 0 saturated carbocycles. The van der Waals surface area contributed by atoms with Crippen molar-refractivity contribution in [1.82, 2.24) is 0 Å². The summed E-state index contributed by atoms with van der Waals surface area (Å²) in [5.74, 6) is 0.582. The number of benzene rings is 2. The van der Waals surface area contributed by atoms with Gasteiger partial charge in [0.05, 0.1) is 16.0 Å². The Hall–Kier alpha value is -1.90. The summed E-state index contributed by atoms with van der Waals surface area (Å²) in [4.78, 5) is 11.9. The topological polar surface area (TPSA) is 98.5 Å². The molecule has 0 aliphatic heterocycles. The second-order valence-electron chi connectivity index (χ2n) is 5.69. The van der Waals surface area contributed by atoms with Crippen molar-refractivity contribution >= 4 is 37.5 Å². The summed E-state index contributed by atoms with van der Waals surface area (Å²) in [5.41, 5.74) is 1.73. The van der Waals surface area contributed by atoms with Gasteiger partial charge < -0.3 is 10.1 Å². The van der Waals surface area contributed by atoms with E-state index in [-0.39, 0.29) is 10.8 Å². The van der Waals surface area contributed by atoms with Crippen molar-refractivity contribution in [2.75, 3.05) is 11.9 Å². The van der Waals surface area contributed by atoms with E-state index in [1.165, 1.54) is 29.8 Å². The molecule has 2 aromatic carbocycles. The molecular weight excluding hydrogens is 420 g/mol. The van der Waals surface area contributed by atoms with Crippen LogP contribution in [0.5, 0.6) is 5.75 Å². The third-order valence-electron chi connectivity index (χ3n) is 3.68. The van der Waals surface area contributed by atoms with Gasteiger partial charge in [-0.3, -0.25) is 4.79 Å². The number of hydrogen-bond acceptors (Lipinski definition) is 4. The average molecular weight is 441 g/mol. The molecule has 0 spiro atoms. The smallest absolute Gasteiger partial charge is 0.238 e. The summed E-state index contributed by atoms with van der Waals surface area (Å²) < 4.78 is 29.0. The maximum Gasteiger partial charge on any atom is 0.238 e. The van der Waals surface area contributed by atoms with Gasteiger partial charge >= 0.3 is 0 Å². The Bertz CT molecular complexity index is 867. The Kier molecular flexibility index (Phi) is 7.19. The third kappa shape index (κ3) is 6.12. The van der Waals surface area contributed by atoms with Gasteiger partial charge in [-0.1, -0.05) is 13.0 Å². The number of anilines is 1. The van der Waals surface area contributed by atoms with Gasteiger partial charge in [-0.2, -0.15) is 0 Å². The molecule has 1 amide bonds. The summed E-state index contributed by atoms with van der Waals surface area (Å²) in [5, 5.41) is 7.74. The molecule has 6 nitrogen and oxygen atoms in total. The minimum atomic E-state index is -3.73. The second kappa shape index (κ2) is 9.16. The van der Waals surface area contributed by atoms with Gasteiger partial charge in [-0.15, -0.1) is 0 Å². The first kappa shape index (κ1) is 20.4. The molecule has 0 bridgehead atoms. The number of amides is 1. The fourth-order valence-electron chi connectivity index (χ4n) is 2.25. The zero-order chi connectivity index (χ0) is 19.2. The first-order valence-corrected chi connectivity index (χ1v) is 10.5. The second-order valence-corrected chi connectivity index (χ2v) is 8.10. The van der Waals surface area contributed by atoms with Crippen LogP contribution in [-0.4, -0.2) is 20.9 Å². The SMILES string of the molecule is CCc1ccc(OCCCC(=O)Nc2ccc(S(N)(=O)=O)cc2)c(Br)c1. The number of carbonyl (C=O) groups excluding carboxylic acids is 1. The van der Waals surface area contributed by atoms with E-state index in [0.29, 0.717) is 25.1 Å². The highest BCUT2D eigenvalue weighted by Crippen LogP contribution is 2.26. The zero-order valence-electron chi connectivity index (χ0n) is 14.4. The lowest BCUT2D eigenvalue weighted by Crippen LogP contribution is -2.14. The van der Waals surface area contributed by atoms with E-state index in [1.54, 1.807) is 0 Å². The first-order chi connectivity index (χ1) is 12.3. The van der Waals surface area contributed by atoms with Crippen LogP contribution in [-0.2, 0) is 21.2 Å². The van der Waals surface area contributed by atoms with Gasteiger partial charge in [0.15, 0.2) is 0 Å². The van der Waals surface area contributed by atoms with Crippen LogP contribution in [0.25, 0.3) is 0 Å². The van der Waals surface area contributed by atoms with E-state index in [0.717, 1.165) is 16.6 Å². The highest BCUT2D eigenvalue weighted by molar-refractivity contribution is 9.10. The van der Waals surface area contributed by atoms with Crippen LogP contribution in [0.3, 0.4) is 0 Å². The highest BCUT2D eigenvalue weighted by Gasteiger charge is 2.08. The highest BCUT2D eigenvalue weighted by atomic mass is 79.9. The molecule has 3 N–H and O–H groups in total. The molecule has 0 aliphatic rings. The molecule has 0 aliphatic carbocycles. The lowest BCUT2D eigenvalue weighted by Gasteiger charge is -2.10. The molecule has 0 radical (unpaired) electrons. The molecule has 0 aromatic heterocycles. The normalized spacial score (nSPS) is 11.2. The van der Waals surface area contributed by atoms with Gasteiger partial charge in [-0.05, 0) is 70.7 Å². The molecule has 0 saturated heterocycles. The van der Waals surface area contributed by atoms with Crippen molar-refractivity contribution in [2.45, 2.75) is 31.1 Å². The fourth-order valence-corrected chi connectivity index (χ4v) is 3.30. The van der Waals surface area contributed by atoms with Crippen molar-refractivity contribution in [3.05, 3.63) is 52.5 Å². The lowest BCUT2D eigenvalue weighted by molar-refractivity contribution is -0.116. The van der Waals surface area contributed by atoms with Crippen molar-refractivity contribution in [3.8, 4) is 5.75 Å². The molecule has 0 heterocycles. The third-order valence-corrected chi connectivity index (χ3v) is 5.23. The van der Waals surface area contributed by atoms with Gasteiger partial charge in [0.2, 0.25) is 15.9 Å². The van der Waals surface area contributed by atoms with E-state index in [1.807, 2.05) is 18.2 Å². The van der Waals surface area contributed by atoms with Gasteiger partial charge in [0, 0.05) is 12.1 Å². The predicted molar refractivity (Wildman–Crippen MR) is 105 cm³/mol. The van der Waals surface area contributed by atoms with Crippen LogP contribution < -0.4 is 15.2 Å². The van der Waals surface area contributed by atoms with Crippen molar-refractivity contribution < 1.29 is 17.9 Å². The summed E-state index contributed by atoms with van der Waals surface area (Å²) >= 11 is 3.48. The van der Waals surface area contributed by atoms with Crippen molar-refractivity contribution in [3.63, 3.8) is 0 Å². The van der Waals surface area contributed by atoms with Crippen LogP contribution >= 0.6 is 15.9 Å². The minimum Gasteiger partial charge on any atom is -0.492 e. The molecule has 26 heavy (non-hydrogen) atoms. The average Bonchev–Trinajstić information content (AvgIpc) is 2.59. The van der Waals surface area contributed by atoms with Crippen molar-refractivity contribution in [1.29, 1.82) is 0 Å². The van der Waals surface area contributed by atoms with Gasteiger partial charge in [-0.25, -0.2) is 13.6 Å². The monoisotopic (exact) mass is 440 g/mol. The fraction of sp³-hybridized carbons (Fsp3) is 0.278. The number of halogens is 1. The maximum absolute atomic E-state index is 11.9. The molecule has 0 fully saturated rings. The van der Waals surface area contributed by atoms with Gasteiger partial charge in [0.1, 0.15) is 5.75 Å². The summed E-state index contributed by atoms with van der Waals surface area (Å²) in [6.07, 6.45) is 1.81. The van der Waals surface area contributed by atoms with E-state index in [9.17, 15) is 13.2 Å². The Morgan fingerprint density at radius 2 is 1.88 bits per heavy atom. The number of aryl methyl sites for hydroxylation is 1. The first-order valence-electron chi connectivity index (χ1n) is 8.13. The van der Waals surface area contributed by atoms with E-state index >= 15 is 0 Å². The van der Waals surface area contributed by atoms with E-state index in [4.69, 9.17) is 9.88 Å². The number of carbonyl (C=O) groups is 1. The lowest BCUT2D eigenvalue weighted by atomic mass is 10.2. The maximum atomic E-state index is 11.9. The molecule has 2 aromatic rings. The van der Waals surface area contributed by atoms with Crippen LogP contribution in [0.2, 0.25) is 0 Å². The Morgan fingerprint density at radius 1 is 1.19 bits per heavy atom. The summed E-state index contributed by atoms with van der Waals surface area (Å²) in [7, 11) is -3.73. The molecule has 0 unspecified atom stereocenters. The molecule has 140 valence electrons. The summed E-state index contributed by atoms with van der Waals surface area (Å²) in [6, 6.07) is 11.7. The largest absolute Gasteiger partial charge is 0.492 e. The van der Waals surface area contributed by atoms with E-state index < -0.39 is 10.0 Å². The molecular formula is C18H21BrN2O4S. The summed E-state index contributed by atoms with van der Waals surface area (Å²) in [6.45, 7) is 2.51. The zero-order valence-corrected chi connectivity index (χ0v) is 16.8. The number of ether oxygens (including phenoxy) is 1. The Balaban J connectivity index is 1.77. The Morgan fingerprint density at radius 3 is 2.46 bits per heavy atom. The predicted octanol–water partition coefficient (Wildman–Crippen LogP) is 3.46. The molecule has 2 rings (SSSR count). The standard InChI is InChI=1S/C18H21BrN2O4S/c1-2-13-5-10-17(16(19)12-13)25-11-3-4-18(22)21-14-6-8-15(9-7-14)26(20,23)24/h5-10,12H,2-4,11H2,1H3,(H,21,22)(H2,20,23,24). The van der Waals surface area contributed by atoms with Crippen LogP contribution in [0.15, 0.2) is 51.8 Å². The van der Waals surface area contributed by atoms with Crippen LogP contribution in [0, 0.1) is 0 Å². The number of sulfonamides is 1. The number of hydrogen-bond donors (Lipinski definition) is 2. The van der Waals surface area contributed by atoms with Crippen LogP contribution in [0.4, 0.5) is 5.69 Å². The number of primary sulfonamides is 1.